The Kier molecular flexibility index (Phi) is 5.23. The van der Waals surface area contributed by atoms with Crippen LogP contribution in [0, 0.1) is 5.82 Å². The first kappa shape index (κ1) is 16.5. The van der Waals surface area contributed by atoms with Gasteiger partial charge < -0.3 is 4.74 Å². The molecule has 0 amide bonds. The summed E-state index contributed by atoms with van der Waals surface area (Å²) < 4.78 is 20.2. The molecule has 0 aliphatic heterocycles. The van der Waals surface area contributed by atoms with Crippen LogP contribution in [-0.2, 0) is 5.41 Å². The highest BCUT2D eigenvalue weighted by atomic mass is 19.1. The molecule has 0 saturated heterocycles. The second kappa shape index (κ2) is 6.95. The third-order valence-electron chi connectivity index (χ3n) is 3.75. The first-order valence-electron chi connectivity index (χ1n) is 7.95. The van der Waals surface area contributed by atoms with Crippen LogP contribution in [0.2, 0.25) is 0 Å². The van der Waals surface area contributed by atoms with Gasteiger partial charge in [0.1, 0.15) is 11.6 Å². The maximum atomic E-state index is 14.4. The van der Waals surface area contributed by atoms with E-state index in [1.165, 1.54) is 11.6 Å². The lowest BCUT2D eigenvalue weighted by Crippen LogP contribution is -2.10. The largest absolute Gasteiger partial charge is 0.493 e. The van der Waals surface area contributed by atoms with Crippen LogP contribution in [0.15, 0.2) is 42.5 Å². The topological polar surface area (TPSA) is 9.23 Å². The van der Waals surface area contributed by atoms with Gasteiger partial charge in [-0.05, 0) is 35.1 Å². The summed E-state index contributed by atoms with van der Waals surface area (Å²) in [6.07, 6.45) is 2.03. The highest BCUT2D eigenvalue weighted by Crippen LogP contribution is 2.35. The summed E-state index contributed by atoms with van der Waals surface area (Å²) in [4.78, 5) is 0. The Labute approximate surface area is 133 Å². The smallest absolute Gasteiger partial charge is 0.134 e. The zero-order chi connectivity index (χ0) is 16.2. The molecule has 1 nitrogen and oxygen atoms in total. The van der Waals surface area contributed by atoms with Gasteiger partial charge in [-0.1, -0.05) is 64.4 Å². The Balaban J connectivity index is 2.43. The molecule has 118 valence electrons. The third kappa shape index (κ3) is 3.88. The SMILES string of the molecule is CCCCOc1cccc(F)c1-c1cccc(C(C)(C)C)c1. The lowest BCUT2D eigenvalue weighted by atomic mass is 9.85. The summed E-state index contributed by atoms with van der Waals surface area (Å²) in [5.74, 6) is 0.388. The molecule has 0 aromatic heterocycles. The van der Waals surface area contributed by atoms with Gasteiger partial charge in [0.2, 0.25) is 0 Å². The van der Waals surface area contributed by atoms with Crippen LogP contribution in [0.3, 0.4) is 0 Å². The fourth-order valence-corrected chi connectivity index (χ4v) is 2.37. The van der Waals surface area contributed by atoms with Gasteiger partial charge in [-0.25, -0.2) is 4.39 Å². The van der Waals surface area contributed by atoms with E-state index in [1.54, 1.807) is 6.07 Å². The van der Waals surface area contributed by atoms with Gasteiger partial charge in [0, 0.05) is 0 Å². The summed E-state index contributed by atoms with van der Waals surface area (Å²) in [6.45, 7) is 9.21. The molecule has 0 bridgehead atoms. The maximum absolute atomic E-state index is 14.4. The number of rotatable bonds is 5. The second-order valence-electron chi connectivity index (χ2n) is 6.65. The van der Waals surface area contributed by atoms with E-state index in [4.69, 9.17) is 4.74 Å². The lowest BCUT2D eigenvalue weighted by Gasteiger charge is -2.20. The van der Waals surface area contributed by atoms with E-state index in [-0.39, 0.29) is 11.2 Å². The molecule has 0 fully saturated rings. The summed E-state index contributed by atoms with van der Waals surface area (Å²) >= 11 is 0. The van der Waals surface area contributed by atoms with Crippen molar-refractivity contribution in [3.8, 4) is 16.9 Å². The van der Waals surface area contributed by atoms with Crippen molar-refractivity contribution in [1.82, 2.24) is 0 Å². The summed E-state index contributed by atoms with van der Waals surface area (Å²) in [5, 5.41) is 0. The van der Waals surface area contributed by atoms with Crippen molar-refractivity contribution in [3.05, 3.63) is 53.8 Å². The standard InChI is InChI=1S/C20H25FO/c1-5-6-13-22-18-12-8-11-17(21)19(18)15-9-7-10-16(14-15)20(2,3)4/h7-12,14H,5-6,13H2,1-4H3. The van der Waals surface area contributed by atoms with Gasteiger partial charge in [0.15, 0.2) is 0 Å². The van der Waals surface area contributed by atoms with Crippen LogP contribution in [0.4, 0.5) is 4.39 Å². The Morgan fingerprint density at radius 2 is 1.77 bits per heavy atom. The van der Waals surface area contributed by atoms with E-state index < -0.39 is 0 Å². The Hall–Kier alpha value is -1.83. The van der Waals surface area contributed by atoms with Crippen molar-refractivity contribution in [1.29, 1.82) is 0 Å². The molecule has 0 unspecified atom stereocenters. The van der Waals surface area contributed by atoms with Gasteiger partial charge in [-0.3, -0.25) is 0 Å². The molecule has 0 spiro atoms. The first-order valence-corrected chi connectivity index (χ1v) is 7.95. The molecule has 0 saturated carbocycles. The van der Waals surface area contributed by atoms with Crippen LogP contribution < -0.4 is 4.74 Å². The van der Waals surface area contributed by atoms with Crippen molar-refractivity contribution >= 4 is 0 Å². The van der Waals surface area contributed by atoms with Crippen molar-refractivity contribution in [2.24, 2.45) is 0 Å². The van der Waals surface area contributed by atoms with E-state index in [1.807, 2.05) is 18.2 Å². The maximum Gasteiger partial charge on any atom is 0.134 e. The second-order valence-corrected chi connectivity index (χ2v) is 6.65. The minimum atomic E-state index is -0.236. The van der Waals surface area contributed by atoms with Crippen LogP contribution in [0.5, 0.6) is 5.75 Å². The summed E-state index contributed by atoms with van der Waals surface area (Å²) in [6, 6.07) is 13.1. The first-order chi connectivity index (χ1) is 10.4. The predicted octanol–water partition coefficient (Wildman–Crippen LogP) is 5.97. The molecule has 0 radical (unpaired) electrons. The Bertz CT molecular complexity index is 626. The monoisotopic (exact) mass is 300 g/mol. The fraction of sp³-hybridized carbons (Fsp3) is 0.400. The lowest BCUT2D eigenvalue weighted by molar-refractivity contribution is 0.309. The quantitative estimate of drug-likeness (QED) is 0.618. The van der Waals surface area contributed by atoms with Crippen molar-refractivity contribution in [2.75, 3.05) is 6.61 Å². The highest BCUT2D eigenvalue weighted by molar-refractivity contribution is 5.71. The molecule has 0 aliphatic rings. The van der Waals surface area contributed by atoms with Gasteiger partial charge in [-0.2, -0.15) is 0 Å². The normalized spacial score (nSPS) is 11.5. The zero-order valence-electron chi connectivity index (χ0n) is 13.9. The van der Waals surface area contributed by atoms with E-state index in [0.717, 1.165) is 18.4 Å². The fourth-order valence-electron chi connectivity index (χ4n) is 2.37. The molecule has 2 heteroatoms. The molecule has 0 N–H and O–H groups in total. The van der Waals surface area contributed by atoms with Crippen molar-refractivity contribution in [3.63, 3.8) is 0 Å². The third-order valence-corrected chi connectivity index (χ3v) is 3.75. The summed E-state index contributed by atoms with van der Waals surface area (Å²) in [7, 11) is 0. The van der Waals surface area contributed by atoms with Crippen molar-refractivity contribution in [2.45, 2.75) is 46.0 Å². The minimum Gasteiger partial charge on any atom is -0.493 e. The minimum absolute atomic E-state index is 0.0322. The van der Waals surface area contributed by atoms with E-state index in [2.05, 4.69) is 39.8 Å². The molecule has 0 atom stereocenters. The average molecular weight is 300 g/mol. The number of hydrogen-bond donors (Lipinski definition) is 0. The average Bonchev–Trinajstić information content (AvgIpc) is 2.47. The Morgan fingerprint density at radius 1 is 1.05 bits per heavy atom. The predicted molar refractivity (Wildman–Crippen MR) is 90.9 cm³/mol. The molecule has 2 aromatic carbocycles. The van der Waals surface area contributed by atoms with Gasteiger partial charge >= 0.3 is 0 Å². The van der Waals surface area contributed by atoms with E-state index in [9.17, 15) is 4.39 Å². The highest BCUT2D eigenvalue weighted by Gasteiger charge is 2.17. The molecular formula is C20H25FO. The molecule has 0 heterocycles. The number of halogens is 1. The molecule has 0 aliphatic carbocycles. The van der Waals surface area contributed by atoms with E-state index in [0.29, 0.717) is 17.9 Å². The molecule has 2 aromatic rings. The number of hydrogen-bond acceptors (Lipinski definition) is 1. The van der Waals surface area contributed by atoms with E-state index >= 15 is 0 Å². The van der Waals surface area contributed by atoms with Crippen LogP contribution in [0.1, 0.15) is 46.1 Å². The number of unbranched alkanes of at least 4 members (excludes halogenated alkanes) is 1. The Morgan fingerprint density at radius 3 is 2.45 bits per heavy atom. The molecule has 2 rings (SSSR count). The van der Waals surface area contributed by atoms with Gasteiger partial charge in [0.25, 0.3) is 0 Å². The van der Waals surface area contributed by atoms with Crippen LogP contribution in [0.25, 0.3) is 11.1 Å². The zero-order valence-corrected chi connectivity index (χ0v) is 13.9. The van der Waals surface area contributed by atoms with Crippen molar-refractivity contribution < 1.29 is 9.13 Å². The van der Waals surface area contributed by atoms with Gasteiger partial charge in [-0.15, -0.1) is 0 Å². The number of ether oxygens (including phenoxy) is 1. The number of benzene rings is 2. The van der Waals surface area contributed by atoms with Gasteiger partial charge in [0.05, 0.1) is 12.2 Å². The van der Waals surface area contributed by atoms with Crippen LogP contribution in [-0.4, -0.2) is 6.61 Å². The molecular weight excluding hydrogens is 275 g/mol. The summed E-state index contributed by atoms with van der Waals surface area (Å²) in [5.41, 5.74) is 2.65. The van der Waals surface area contributed by atoms with Crippen LogP contribution >= 0.6 is 0 Å². The molecule has 22 heavy (non-hydrogen) atoms.